The first-order chi connectivity index (χ1) is 7.11. The van der Waals surface area contributed by atoms with Gasteiger partial charge in [-0.1, -0.05) is 13.8 Å². The first-order valence-electron chi connectivity index (χ1n) is 5.38. The average molecular weight is 209 g/mol. The van der Waals surface area contributed by atoms with Crippen LogP contribution < -0.4 is 4.74 Å². The van der Waals surface area contributed by atoms with Gasteiger partial charge in [-0.15, -0.1) is 0 Å². The number of ether oxygens (including phenoxy) is 1. The zero-order chi connectivity index (χ0) is 11.3. The Balaban J connectivity index is 2.61. The van der Waals surface area contributed by atoms with Gasteiger partial charge in [-0.25, -0.2) is 0 Å². The molecule has 0 radical (unpaired) electrons. The van der Waals surface area contributed by atoms with Gasteiger partial charge in [0.15, 0.2) is 0 Å². The summed E-state index contributed by atoms with van der Waals surface area (Å²) in [7, 11) is 0. The maximum atomic E-state index is 10.0. The van der Waals surface area contributed by atoms with E-state index < -0.39 is 5.60 Å². The second kappa shape index (κ2) is 5.12. The molecule has 1 heterocycles. The summed E-state index contributed by atoms with van der Waals surface area (Å²) in [6.45, 7) is 6.14. The van der Waals surface area contributed by atoms with E-state index in [1.807, 2.05) is 32.9 Å². The van der Waals surface area contributed by atoms with Crippen LogP contribution in [0.2, 0.25) is 0 Å². The Kier molecular flexibility index (Phi) is 4.09. The highest BCUT2D eigenvalue weighted by Gasteiger charge is 2.23. The van der Waals surface area contributed by atoms with E-state index in [-0.39, 0.29) is 0 Å². The van der Waals surface area contributed by atoms with Crippen molar-refractivity contribution in [2.75, 3.05) is 6.61 Å². The minimum atomic E-state index is -0.720. The van der Waals surface area contributed by atoms with Gasteiger partial charge in [-0.3, -0.25) is 4.98 Å². The van der Waals surface area contributed by atoms with Crippen molar-refractivity contribution in [2.45, 2.75) is 39.2 Å². The van der Waals surface area contributed by atoms with Crippen LogP contribution in [0.3, 0.4) is 0 Å². The molecular formula is C12H19NO2. The smallest absolute Gasteiger partial charge is 0.140 e. The first kappa shape index (κ1) is 12.0. The predicted octanol–water partition coefficient (Wildman–Crippen LogP) is 2.32. The molecule has 1 rings (SSSR count). The van der Waals surface area contributed by atoms with Crippen molar-refractivity contribution in [3.63, 3.8) is 0 Å². The Labute approximate surface area is 91.1 Å². The van der Waals surface area contributed by atoms with Crippen molar-refractivity contribution in [1.29, 1.82) is 0 Å². The fourth-order valence-electron chi connectivity index (χ4n) is 1.29. The number of nitrogens with zero attached hydrogens (tertiary/aromatic N) is 1. The van der Waals surface area contributed by atoms with Gasteiger partial charge < -0.3 is 9.84 Å². The molecule has 0 aromatic carbocycles. The van der Waals surface area contributed by atoms with Gasteiger partial charge in [0.1, 0.15) is 12.4 Å². The third-order valence-electron chi connectivity index (χ3n) is 2.77. The van der Waals surface area contributed by atoms with E-state index in [0.29, 0.717) is 19.4 Å². The molecule has 0 aliphatic carbocycles. The number of hydrogen-bond donors (Lipinski definition) is 1. The Morgan fingerprint density at radius 3 is 2.60 bits per heavy atom. The molecule has 1 aromatic rings. The van der Waals surface area contributed by atoms with Gasteiger partial charge in [0.05, 0.1) is 11.3 Å². The molecule has 0 saturated heterocycles. The monoisotopic (exact) mass is 209 g/mol. The van der Waals surface area contributed by atoms with Gasteiger partial charge >= 0.3 is 0 Å². The predicted molar refractivity (Wildman–Crippen MR) is 60.0 cm³/mol. The number of pyridine rings is 1. The minimum Gasteiger partial charge on any atom is -0.489 e. The molecule has 84 valence electrons. The summed E-state index contributed by atoms with van der Waals surface area (Å²) >= 11 is 0. The number of aryl methyl sites for hydroxylation is 1. The van der Waals surface area contributed by atoms with Crippen LogP contribution in [0, 0.1) is 6.92 Å². The van der Waals surface area contributed by atoms with Crippen molar-refractivity contribution in [2.24, 2.45) is 0 Å². The van der Waals surface area contributed by atoms with Crippen LogP contribution in [0.15, 0.2) is 18.3 Å². The van der Waals surface area contributed by atoms with Crippen molar-refractivity contribution < 1.29 is 9.84 Å². The van der Waals surface area contributed by atoms with Crippen molar-refractivity contribution in [3.05, 3.63) is 24.0 Å². The Morgan fingerprint density at radius 2 is 2.07 bits per heavy atom. The topological polar surface area (TPSA) is 42.4 Å². The van der Waals surface area contributed by atoms with Gasteiger partial charge in [0.25, 0.3) is 0 Å². The van der Waals surface area contributed by atoms with Crippen LogP contribution in [0.5, 0.6) is 5.75 Å². The summed E-state index contributed by atoms with van der Waals surface area (Å²) in [5.41, 5.74) is 0.134. The lowest BCUT2D eigenvalue weighted by Gasteiger charge is -2.25. The largest absolute Gasteiger partial charge is 0.489 e. The van der Waals surface area contributed by atoms with E-state index in [4.69, 9.17) is 4.74 Å². The zero-order valence-electron chi connectivity index (χ0n) is 9.66. The Morgan fingerprint density at radius 1 is 1.40 bits per heavy atom. The Hall–Kier alpha value is -1.09. The van der Waals surface area contributed by atoms with Crippen LogP contribution >= 0.6 is 0 Å². The third-order valence-corrected chi connectivity index (χ3v) is 2.77. The number of aromatic nitrogens is 1. The summed E-state index contributed by atoms with van der Waals surface area (Å²) in [6.07, 6.45) is 3.12. The molecule has 0 spiro atoms. The zero-order valence-corrected chi connectivity index (χ0v) is 9.66. The summed E-state index contributed by atoms with van der Waals surface area (Å²) in [5, 5.41) is 10.0. The second-order valence-corrected chi connectivity index (χ2v) is 3.81. The molecule has 0 aliphatic rings. The molecule has 1 N–H and O–H groups in total. The molecule has 0 bridgehead atoms. The summed E-state index contributed by atoms with van der Waals surface area (Å²) in [6, 6.07) is 3.70. The average Bonchev–Trinajstić information content (AvgIpc) is 2.28. The van der Waals surface area contributed by atoms with E-state index >= 15 is 0 Å². The van der Waals surface area contributed by atoms with E-state index in [0.717, 1.165) is 11.4 Å². The third kappa shape index (κ3) is 3.20. The fraction of sp³-hybridized carbons (Fsp3) is 0.583. The number of aliphatic hydroxyl groups is 1. The van der Waals surface area contributed by atoms with Crippen molar-refractivity contribution in [1.82, 2.24) is 4.98 Å². The first-order valence-corrected chi connectivity index (χ1v) is 5.38. The second-order valence-electron chi connectivity index (χ2n) is 3.81. The fourth-order valence-corrected chi connectivity index (χ4v) is 1.29. The summed E-state index contributed by atoms with van der Waals surface area (Å²) in [5.74, 6) is 0.748. The summed E-state index contributed by atoms with van der Waals surface area (Å²) in [4.78, 5) is 4.12. The highest BCUT2D eigenvalue weighted by atomic mass is 16.5. The lowest BCUT2D eigenvalue weighted by atomic mass is 9.99. The van der Waals surface area contributed by atoms with Crippen LogP contribution in [0.25, 0.3) is 0 Å². The van der Waals surface area contributed by atoms with E-state index in [2.05, 4.69) is 4.98 Å². The normalized spacial score (nSPS) is 11.5. The number of hydrogen-bond acceptors (Lipinski definition) is 3. The van der Waals surface area contributed by atoms with E-state index in [9.17, 15) is 5.11 Å². The van der Waals surface area contributed by atoms with Gasteiger partial charge in [0.2, 0.25) is 0 Å². The molecule has 0 aliphatic heterocycles. The highest BCUT2D eigenvalue weighted by molar-refractivity contribution is 5.25. The molecule has 3 nitrogen and oxygen atoms in total. The molecule has 0 amide bonds. The van der Waals surface area contributed by atoms with Crippen molar-refractivity contribution in [3.8, 4) is 5.75 Å². The SMILES string of the molecule is CCC(O)(CC)COc1cccnc1C. The molecule has 1 aromatic heterocycles. The maximum Gasteiger partial charge on any atom is 0.140 e. The van der Waals surface area contributed by atoms with E-state index in [1.54, 1.807) is 6.20 Å². The van der Waals surface area contributed by atoms with Crippen LogP contribution in [-0.2, 0) is 0 Å². The molecule has 0 unspecified atom stereocenters. The molecule has 3 heteroatoms. The van der Waals surface area contributed by atoms with Gasteiger partial charge in [0, 0.05) is 6.20 Å². The highest BCUT2D eigenvalue weighted by Crippen LogP contribution is 2.19. The summed E-state index contributed by atoms with van der Waals surface area (Å²) < 4.78 is 5.57. The molecule has 0 saturated carbocycles. The van der Waals surface area contributed by atoms with Crippen LogP contribution in [0.4, 0.5) is 0 Å². The standard InChI is InChI=1S/C12H19NO2/c1-4-12(14,5-2)9-15-11-7-6-8-13-10(11)3/h6-8,14H,4-5,9H2,1-3H3. The lowest BCUT2D eigenvalue weighted by molar-refractivity contribution is -0.0116. The lowest BCUT2D eigenvalue weighted by Crippen LogP contribution is -2.34. The van der Waals surface area contributed by atoms with E-state index in [1.165, 1.54) is 0 Å². The van der Waals surface area contributed by atoms with Gasteiger partial charge in [-0.2, -0.15) is 0 Å². The molecule has 0 fully saturated rings. The quantitative estimate of drug-likeness (QED) is 0.809. The van der Waals surface area contributed by atoms with Crippen molar-refractivity contribution >= 4 is 0 Å². The minimum absolute atomic E-state index is 0.326. The molecule has 15 heavy (non-hydrogen) atoms. The molecule has 0 atom stereocenters. The van der Waals surface area contributed by atoms with Crippen LogP contribution in [-0.4, -0.2) is 22.3 Å². The Bertz CT molecular complexity index is 308. The number of rotatable bonds is 5. The maximum absolute atomic E-state index is 10.0. The molecular weight excluding hydrogens is 190 g/mol. The van der Waals surface area contributed by atoms with Crippen LogP contribution in [0.1, 0.15) is 32.4 Å². The van der Waals surface area contributed by atoms with Gasteiger partial charge in [-0.05, 0) is 31.9 Å².